The highest BCUT2D eigenvalue weighted by Gasteiger charge is 2.33. The van der Waals surface area contributed by atoms with Crippen LogP contribution in [0.1, 0.15) is 40.0 Å². The van der Waals surface area contributed by atoms with E-state index in [9.17, 15) is 14.4 Å². The van der Waals surface area contributed by atoms with Crippen molar-refractivity contribution < 1.29 is 23.9 Å². The van der Waals surface area contributed by atoms with E-state index in [-0.39, 0.29) is 24.8 Å². The molecule has 0 saturated carbocycles. The molecule has 1 unspecified atom stereocenters. The lowest BCUT2D eigenvalue weighted by Gasteiger charge is -2.33. The van der Waals surface area contributed by atoms with Crippen molar-refractivity contribution in [3.8, 4) is 5.75 Å². The number of nitrogens with zero attached hydrogens (tertiary/aromatic N) is 1. The number of carbonyl (C=O) groups is 3. The second-order valence-corrected chi connectivity index (χ2v) is 7.81. The van der Waals surface area contributed by atoms with Gasteiger partial charge in [0.25, 0.3) is 0 Å². The van der Waals surface area contributed by atoms with Crippen LogP contribution in [-0.2, 0) is 19.1 Å². The first-order valence-electron chi connectivity index (χ1n) is 10.6. The summed E-state index contributed by atoms with van der Waals surface area (Å²) in [5.74, 6) is 0.401. The zero-order valence-corrected chi connectivity index (χ0v) is 18.1. The Morgan fingerprint density at radius 3 is 2.63 bits per heavy atom. The minimum Gasteiger partial charge on any atom is -0.494 e. The van der Waals surface area contributed by atoms with Crippen molar-refractivity contribution in [2.75, 3.05) is 38.2 Å². The minimum atomic E-state index is -0.703. The van der Waals surface area contributed by atoms with Crippen molar-refractivity contribution >= 4 is 23.5 Å². The second kappa shape index (κ2) is 12.2. The summed E-state index contributed by atoms with van der Waals surface area (Å²) in [7, 11) is 0. The highest BCUT2D eigenvalue weighted by Crippen LogP contribution is 2.17. The molecule has 8 heteroatoms. The van der Waals surface area contributed by atoms with Gasteiger partial charge in [-0.2, -0.15) is 0 Å². The van der Waals surface area contributed by atoms with E-state index in [2.05, 4.69) is 24.5 Å². The molecule has 2 N–H and O–H groups in total. The van der Waals surface area contributed by atoms with E-state index in [4.69, 9.17) is 9.47 Å². The summed E-state index contributed by atoms with van der Waals surface area (Å²) < 4.78 is 10.8. The Morgan fingerprint density at radius 1 is 1.23 bits per heavy atom. The molecule has 0 spiro atoms. The van der Waals surface area contributed by atoms with Gasteiger partial charge in [0.1, 0.15) is 11.8 Å². The lowest BCUT2D eigenvalue weighted by molar-refractivity contribution is -0.148. The fourth-order valence-corrected chi connectivity index (χ4v) is 3.04. The molecule has 1 heterocycles. The Labute approximate surface area is 178 Å². The number of esters is 1. The predicted molar refractivity (Wildman–Crippen MR) is 114 cm³/mol. The number of benzene rings is 1. The second-order valence-electron chi connectivity index (χ2n) is 7.81. The molecule has 0 bridgehead atoms. The lowest BCUT2D eigenvalue weighted by Crippen LogP contribution is -2.57. The SMILES string of the molecule is CCCOC(=O)CC1C(=O)NCCN1CC(=O)Nc1ccc(OCCC(C)C)cc1. The molecule has 1 saturated heterocycles. The van der Waals surface area contributed by atoms with Crippen LogP contribution in [0.5, 0.6) is 5.75 Å². The number of piperazine rings is 1. The third-order valence-electron chi connectivity index (χ3n) is 4.72. The number of carbonyl (C=O) groups excluding carboxylic acids is 3. The van der Waals surface area contributed by atoms with Crippen molar-refractivity contribution in [2.24, 2.45) is 5.92 Å². The fraction of sp³-hybridized carbons (Fsp3) is 0.591. The molecule has 0 aliphatic carbocycles. The van der Waals surface area contributed by atoms with E-state index in [1.165, 1.54) is 0 Å². The van der Waals surface area contributed by atoms with Crippen LogP contribution in [-0.4, -0.2) is 61.6 Å². The average Bonchev–Trinajstić information content (AvgIpc) is 2.70. The fourth-order valence-electron chi connectivity index (χ4n) is 3.04. The maximum atomic E-state index is 12.5. The molecule has 1 aliphatic heterocycles. The van der Waals surface area contributed by atoms with Gasteiger partial charge in [0.15, 0.2) is 0 Å². The summed E-state index contributed by atoms with van der Waals surface area (Å²) in [5, 5.41) is 5.57. The van der Waals surface area contributed by atoms with Gasteiger partial charge in [-0.3, -0.25) is 19.3 Å². The smallest absolute Gasteiger partial charge is 0.307 e. The Kier molecular flexibility index (Phi) is 9.60. The highest BCUT2D eigenvalue weighted by molar-refractivity contribution is 5.93. The number of amides is 2. The van der Waals surface area contributed by atoms with Crippen LogP contribution in [0, 0.1) is 5.92 Å². The number of hydrogen-bond donors (Lipinski definition) is 2. The van der Waals surface area contributed by atoms with Gasteiger partial charge in [0, 0.05) is 18.8 Å². The van der Waals surface area contributed by atoms with Gasteiger partial charge in [0.05, 0.1) is 26.2 Å². The highest BCUT2D eigenvalue weighted by atomic mass is 16.5. The van der Waals surface area contributed by atoms with E-state index in [0.717, 1.165) is 18.6 Å². The Hall–Kier alpha value is -2.61. The maximum absolute atomic E-state index is 12.5. The monoisotopic (exact) mass is 419 g/mol. The van der Waals surface area contributed by atoms with E-state index in [0.29, 0.717) is 37.9 Å². The molecule has 0 radical (unpaired) electrons. The van der Waals surface area contributed by atoms with Gasteiger partial charge in [-0.25, -0.2) is 0 Å². The van der Waals surface area contributed by atoms with E-state index in [1.807, 2.05) is 19.1 Å². The molecule has 2 amide bonds. The molecule has 1 aliphatic rings. The Morgan fingerprint density at radius 2 is 1.97 bits per heavy atom. The van der Waals surface area contributed by atoms with Crippen molar-refractivity contribution in [3.05, 3.63) is 24.3 Å². The topological polar surface area (TPSA) is 97.0 Å². The molecule has 1 atom stereocenters. The summed E-state index contributed by atoms with van der Waals surface area (Å²) in [6.07, 6.45) is 1.63. The van der Waals surface area contributed by atoms with Crippen molar-refractivity contribution in [3.63, 3.8) is 0 Å². The molecular formula is C22H33N3O5. The van der Waals surface area contributed by atoms with Crippen molar-refractivity contribution in [1.29, 1.82) is 0 Å². The van der Waals surface area contributed by atoms with Crippen LogP contribution in [0.2, 0.25) is 0 Å². The first kappa shape index (κ1) is 23.7. The number of ether oxygens (including phenoxy) is 2. The van der Waals surface area contributed by atoms with Crippen molar-refractivity contribution in [2.45, 2.75) is 46.1 Å². The number of anilines is 1. The Balaban J connectivity index is 1.87. The van der Waals surface area contributed by atoms with Gasteiger partial charge < -0.3 is 20.1 Å². The van der Waals surface area contributed by atoms with Gasteiger partial charge in [-0.05, 0) is 43.0 Å². The lowest BCUT2D eigenvalue weighted by atomic mass is 10.1. The van der Waals surface area contributed by atoms with Crippen LogP contribution in [0.15, 0.2) is 24.3 Å². The van der Waals surface area contributed by atoms with Gasteiger partial charge in [-0.15, -0.1) is 0 Å². The van der Waals surface area contributed by atoms with E-state index >= 15 is 0 Å². The molecule has 0 aromatic heterocycles. The molecule has 2 rings (SSSR count). The molecule has 1 aromatic rings. The predicted octanol–water partition coefficient (Wildman–Crippen LogP) is 2.19. The number of rotatable bonds is 11. The molecule has 166 valence electrons. The van der Waals surface area contributed by atoms with Crippen LogP contribution in [0.3, 0.4) is 0 Å². The first-order chi connectivity index (χ1) is 14.4. The number of nitrogens with one attached hydrogen (secondary N) is 2. The normalized spacial score (nSPS) is 16.8. The summed E-state index contributed by atoms with van der Waals surface area (Å²) in [6.45, 7) is 8.13. The van der Waals surface area contributed by atoms with E-state index in [1.54, 1.807) is 17.0 Å². The zero-order valence-electron chi connectivity index (χ0n) is 18.1. The minimum absolute atomic E-state index is 0.0196. The van der Waals surface area contributed by atoms with Crippen molar-refractivity contribution in [1.82, 2.24) is 10.2 Å². The van der Waals surface area contributed by atoms with Gasteiger partial charge in [0.2, 0.25) is 11.8 Å². The largest absolute Gasteiger partial charge is 0.494 e. The standard InChI is InChI=1S/C22H33N3O5/c1-4-12-30-21(27)14-19-22(28)23-10-11-25(19)15-20(26)24-17-5-7-18(8-6-17)29-13-9-16(2)3/h5-8,16,19H,4,9-15H2,1-3H3,(H,23,28)(H,24,26). The number of hydrogen-bond acceptors (Lipinski definition) is 6. The van der Waals surface area contributed by atoms with Crippen LogP contribution in [0.4, 0.5) is 5.69 Å². The van der Waals surface area contributed by atoms with Gasteiger partial charge in [-0.1, -0.05) is 20.8 Å². The summed E-state index contributed by atoms with van der Waals surface area (Å²) in [5.41, 5.74) is 0.650. The Bertz CT molecular complexity index is 705. The van der Waals surface area contributed by atoms with E-state index < -0.39 is 12.0 Å². The molecule has 1 aromatic carbocycles. The molecule has 30 heavy (non-hydrogen) atoms. The van der Waals surface area contributed by atoms with Crippen LogP contribution < -0.4 is 15.4 Å². The molecule has 1 fully saturated rings. The summed E-state index contributed by atoms with van der Waals surface area (Å²) in [4.78, 5) is 38.4. The molecule has 8 nitrogen and oxygen atoms in total. The summed E-state index contributed by atoms with van der Waals surface area (Å²) >= 11 is 0. The first-order valence-corrected chi connectivity index (χ1v) is 10.6. The maximum Gasteiger partial charge on any atom is 0.307 e. The third-order valence-corrected chi connectivity index (χ3v) is 4.72. The zero-order chi connectivity index (χ0) is 21.9. The van der Waals surface area contributed by atoms with Crippen LogP contribution >= 0.6 is 0 Å². The quantitative estimate of drug-likeness (QED) is 0.534. The third kappa shape index (κ3) is 8.02. The average molecular weight is 420 g/mol. The van der Waals surface area contributed by atoms with Gasteiger partial charge >= 0.3 is 5.97 Å². The molecular weight excluding hydrogens is 386 g/mol. The van der Waals surface area contributed by atoms with Crippen LogP contribution in [0.25, 0.3) is 0 Å². The summed E-state index contributed by atoms with van der Waals surface area (Å²) in [6, 6.07) is 6.50.